The fourth-order valence-electron chi connectivity index (χ4n) is 2.98. The van der Waals surface area contributed by atoms with Crippen LogP contribution < -0.4 is 0 Å². The minimum Gasteiger partial charge on any atom is -0.477 e. The highest BCUT2D eigenvalue weighted by atomic mass is 19.3. The summed E-state index contributed by atoms with van der Waals surface area (Å²) in [5, 5.41) is 18.3. The van der Waals surface area contributed by atoms with Crippen LogP contribution in [0.25, 0.3) is 0 Å². The third-order valence-electron chi connectivity index (χ3n) is 4.76. The number of cyclic esters (lactones) is 1. The highest BCUT2D eigenvalue weighted by molar-refractivity contribution is 5.75. The van der Waals surface area contributed by atoms with Crippen molar-refractivity contribution in [2.75, 3.05) is 13.2 Å². The van der Waals surface area contributed by atoms with Crippen LogP contribution in [0.5, 0.6) is 0 Å². The molecule has 30 heavy (non-hydrogen) atoms. The lowest BCUT2D eigenvalue weighted by Gasteiger charge is -2.22. The maximum absolute atomic E-state index is 14.3. The van der Waals surface area contributed by atoms with Crippen LogP contribution in [0.1, 0.15) is 31.2 Å². The number of hydrogen-bond donors (Lipinski definition) is 2. The average Bonchev–Trinajstić information content (AvgIpc) is 3.05. The Bertz CT molecular complexity index is 757. The Kier molecular flexibility index (Phi) is 7.83. The number of carbonyl (C=O) groups is 2. The molecule has 1 aliphatic heterocycles. The molecule has 2 N–H and O–H groups in total. The van der Waals surface area contributed by atoms with Crippen molar-refractivity contribution in [1.82, 2.24) is 4.90 Å². The van der Waals surface area contributed by atoms with Crippen molar-refractivity contribution in [2.45, 2.75) is 49.7 Å². The number of alkyl halides is 4. The fraction of sp³-hybridized carbons (Fsp3) is 0.500. The maximum atomic E-state index is 14.3. The monoisotopic (exact) mass is 433 g/mol. The highest BCUT2D eigenvalue weighted by Crippen LogP contribution is 2.32. The van der Waals surface area contributed by atoms with Gasteiger partial charge in [0.2, 0.25) is 0 Å². The second kappa shape index (κ2) is 9.92. The lowest BCUT2D eigenvalue weighted by molar-refractivity contribution is -0.165. The van der Waals surface area contributed by atoms with Crippen molar-refractivity contribution in [1.29, 1.82) is 0 Å². The molecular weight excluding hydrogens is 410 g/mol. The predicted octanol–water partition coefficient (Wildman–Crippen LogP) is 3.80. The van der Waals surface area contributed by atoms with Crippen molar-refractivity contribution in [3.05, 3.63) is 48.0 Å². The fourth-order valence-corrected chi connectivity index (χ4v) is 2.98. The Morgan fingerprint density at radius 3 is 2.50 bits per heavy atom. The zero-order valence-corrected chi connectivity index (χ0v) is 16.0. The van der Waals surface area contributed by atoms with E-state index in [2.05, 4.69) is 0 Å². The van der Waals surface area contributed by atoms with Gasteiger partial charge in [-0.2, -0.15) is 17.6 Å². The van der Waals surface area contributed by atoms with Gasteiger partial charge in [-0.15, -0.1) is 0 Å². The number of rotatable bonds is 11. The summed E-state index contributed by atoms with van der Waals surface area (Å²) in [6.07, 6.45) is -0.942. The molecule has 2 unspecified atom stereocenters. The molecule has 0 aromatic heterocycles. The van der Waals surface area contributed by atoms with E-state index in [9.17, 15) is 32.3 Å². The predicted molar refractivity (Wildman–Crippen MR) is 98.4 cm³/mol. The number of carboxylic acid groups (broad SMARTS) is 1. The Morgan fingerprint density at radius 1 is 1.20 bits per heavy atom. The summed E-state index contributed by atoms with van der Waals surface area (Å²) in [7, 11) is 0. The van der Waals surface area contributed by atoms with Gasteiger partial charge in [0.25, 0.3) is 0 Å². The average molecular weight is 433 g/mol. The van der Waals surface area contributed by atoms with Crippen LogP contribution in [-0.2, 0) is 15.5 Å². The minimum atomic E-state index is -3.79. The number of aliphatic hydroxyl groups is 1. The van der Waals surface area contributed by atoms with E-state index in [1.807, 2.05) is 0 Å². The van der Waals surface area contributed by atoms with Gasteiger partial charge >= 0.3 is 23.9 Å². The van der Waals surface area contributed by atoms with E-state index >= 15 is 0 Å². The first-order valence-corrected chi connectivity index (χ1v) is 9.40. The normalized spacial score (nSPS) is 18.6. The van der Waals surface area contributed by atoms with Crippen LogP contribution >= 0.6 is 0 Å². The summed E-state index contributed by atoms with van der Waals surface area (Å²) < 4.78 is 59.6. The van der Waals surface area contributed by atoms with E-state index in [0.717, 1.165) is 6.08 Å². The van der Waals surface area contributed by atoms with Crippen LogP contribution in [0.4, 0.5) is 22.4 Å². The number of halogens is 4. The molecule has 1 heterocycles. The van der Waals surface area contributed by atoms with E-state index in [4.69, 9.17) is 9.84 Å². The Morgan fingerprint density at radius 2 is 1.87 bits per heavy atom. The molecule has 1 saturated heterocycles. The summed E-state index contributed by atoms with van der Waals surface area (Å²) in [6, 6.07) is 6.14. The smallest absolute Gasteiger partial charge is 0.410 e. The van der Waals surface area contributed by atoms with Gasteiger partial charge in [-0.25, -0.2) is 9.59 Å². The third-order valence-corrected chi connectivity index (χ3v) is 4.76. The number of nitrogens with zero attached hydrogens (tertiary/aromatic N) is 1. The van der Waals surface area contributed by atoms with Crippen LogP contribution in [0, 0.1) is 0 Å². The molecule has 166 valence electrons. The number of unbranched alkanes of at least 4 members (excludes halogenated alkanes) is 2. The van der Waals surface area contributed by atoms with Crippen LogP contribution in [-0.4, -0.2) is 58.4 Å². The van der Waals surface area contributed by atoms with E-state index in [1.54, 1.807) is 6.07 Å². The van der Waals surface area contributed by atoms with Gasteiger partial charge in [-0.3, -0.25) is 4.90 Å². The second-order valence-electron chi connectivity index (χ2n) is 6.98. The number of carbonyl (C=O) groups excluding carboxylic acids is 1. The van der Waals surface area contributed by atoms with Crippen molar-refractivity contribution in [3.63, 3.8) is 0 Å². The molecule has 0 saturated carbocycles. The van der Waals surface area contributed by atoms with Crippen LogP contribution in [0.15, 0.2) is 42.5 Å². The molecule has 0 aliphatic carbocycles. The van der Waals surface area contributed by atoms with Crippen molar-refractivity contribution in [3.8, 4) is 0 Å². The number of benzene rings is 1. The third kappa shape index (κ3) is 5.94. The molecule has 0 spiro atoms. The molecule has 6 nitrogen and oxygen atoms in total. The maximum Gasteiger partial charge on any atom is 0.410 e. The molecule has 2 rings (SSSR count). The number of ether oxygens (including phenoxy) is 1. The Hall–Kier alpha value is -2.62. The number of aliphatic carboxylic acids is 1. The summed E-state index contributed by atoms with van der Waals surface area (Å²) >= 11 is 0. The second-order valence-corrected chi connectivity index (χ2v) is 6.98. The Labute approximate surface area is 170 Å². The molecule has 0 bridgehead atoms. The number of amides is 1. The van der Waals surface area contributed by atoms with Gasteiger partial charge < -0.3 is 14.9 Å². The summed E-state index contributed by atoms with van der Waals surface area (Å²) in [5.74, 6) is -9.50. The standard InChI is InChI=1S/C20H23F4NO5/c21-19(22,17(27)28)11-5-2-6-12-25-15(13-30-18(25)29)9-10-16(26)20(23,24)14-7-3-1-4-8-14/h1,3-4,7-10,15-16,26H,2,5-6,11-13H2,(H,27,28). The van der Waals surface area contributed by atoms with Crippen molar-refractivity contribution >= 4 is 12.1 Å². The first-order valence-electron chi connectivity index (χ1n) is 9.40. The molecule has 1 aromatic carbocycles. The number of aliphatic hydroxyl groups excluding tert-OH is 1. The van der Waals surface area contributed by atoms with Crippen molar-refractivity contribution < 1.29 is 42.1 Å². The first kappa shape index (κ1) is 23.7. The van der Waals surface area contributed by atoms with E-state index in [1.165, 1.54) is 35.2 Å². The summed E-state index contributed by atoms with van der Waals surface area (Å²) in [5.41, 5.74) is -0.351. The highest BCUT2D eigenvalue weighted by Gasteiger charge is 2.40. The van der Waals surface area contributed by atoms with E-state index in [0.29, 0.717) is 6.42 Å². The minimum absolute atomic E-state index is 0.0509. The molecule has 1 aliphatic rings. The summed E-state index contributed by atoms with van der Waals surface area (Å²) in [4.78, 5) is 23.4. The summed E-state index contributed by atoms with van der Waals surface area (Å²) in [6.45, 7) is 0.0354. The van der Waals surface area contributed by atoms with E-state index in [-0.39, 0.29) is 31.6 Å². The van der Waals surface area contributed by atoms with Gasteiger partial charge in [0.15, 0.2) is 0 Å². The van der Waals surface area contributed by atoms with E-state index < -0.39 is 42.5 Å². The molecule has 1 fully saturated rings. The van der Waals surface area contributed by atoms with Crippen LogP contribution in [0.3, 0.4) is 0 Å². The molecular formula is C20H23F4NO5. The van der Waals surface area contributed by atoms with Gasteiger partial charge in [0, 0.05) is 18.5 Å². The van der Waals surface area contributed by atoms with Crippen molar-refractivity contribution in [2.24, 2.45) is 0 Å². The first-order chi connectivity index (χ1) is 14.1. The lowest BCUT2D eigenvalue weighted by Crippen LogP contribution is -2.34. The van der Waals surface area contributed by atoms with Gasteiger partial charge in [0.1, 0.15) is 12.7 Å². The molecule has 1 aromatic rings. The topological polar surface area (TPSA) is 87.1 Å². The number of carboxylic acids is 1. The molecule has 1 amide bonds. The largest absolute Gasteiger partial charge is 0.477 e. The molecule has 10 heteroatoms. The van der Waals surface area contributed by atoms with Gasteiger partial charge in [-0.1, -0.05) is 48.9 Å². The quantitative estimate of drug-likeness (QED) is 0.315. The van der Waals surface area contributed by atoms with Gasteiger partial charge in [-0.05, 0) is 12.8 Å². The number of hydrogen-bond acceptors (Lipinski definition) is 4. The molecule has 0 radical (unpaired) electrons. The SMILES string of the molecule is O=C1OCC(C=CC(O)C(F)(F)c2ccccc2)N1CCCCCC(F)(F)C(=O)O. The zero-order chi connectivity index (χ0) is 22.4. The van der Waals surface area contributed by atoms with Crippen LogP contribution in [0.2, 0.25) is 0 Å². The Balaban J connectivity index is 1.87. The van der Waals surface area contributed by atoms with Gasteiger partial charge in [0.05, 0.1) is 6.04 Å². The lowest BCUT2D eigenvalue weighted by atomic mass is 10.0. The zero-order valence-electron chi connectivity index (χ0n) is 16.0. The molecule has 2 atom stereocenters.